The molecule has 0 bridgehead atoms. The van der Waals surface area contributed by atoms with Gasteiger partial charge >= 0.3 is 0 Å². The number of nitrogens with zero attached hydrogens (tertiary/aromatic N) is 5. The Morgan fingerprint density at radius 1 is 1.12 bits per heavy atom. The zero-order chi connectivity index (χ0) is 23.2. The molecule has 10 nitrogen and oxygen atoms in total. The first-order valence-corrected chi connectivity index (χ1v) is 11.4. The van der Waals surface area contributed by atoms with Crippen LogP contribution in [-0.4, -0.2) is 51.3 Å². The summed E-state index contributed by atoms with van der Waals surface area (Å²) >= 11 is 0. The number of amides is 1. The molecule has 12 heteroatoms. The van der Waals surface area contributed by atoms with E-state index in [1.807, 2.05) is 0 Å². The number of benzene rings is 1. The fraction of sp³-hybridized carbons (Fsp3) is 0.143. The molecule has 3 aromatic heterocycles. The summed E-state index contributed by atoms with van der Waals surface area (Å²) in [5.41, 5.74) is 7.67. The van der Waals surface area contributed by atoms with Gasteiger partial charge < -0.3 is 11.1 Å². The van der Waals surface area contributed by atoms with E-state index < -0.39 is 21.7 Å². The molecule has 5 rings (SSSR count). The third-order valence-electron chi connectivity index (χ3n) is 5.38. The summed E-state index contributed by atoms with van der Waals surface area (Å²) in [6, 6.07) is 8.12. The molecule has 0 aliphatic carbocycles. The molecule has 168 valence electrons. The van der Waals surface area contributed by atoms with Gasteiger partial charge in [-0.3, -0.25) is 9.78 Å². The van der Waals surface area contributed by atoms with E-state index in [1.54, 1.807) is 24.4 Å². The molecule has 0 radical (unpaired) electrons. The molecule has 33 heavy (non-hydrogen) atoms. The van der Waals surface area contributed by atoms with E-state index in [-0.39, 0.29) is 21.9 Å². The number of anilines is 2. The van der Waals surface area contributed by atoms with Crippen molar-refractivity contribution in [1.29, 1.82) is 0 Å². The summed E-state index contributed by atoms with van der Waals surface area (Å²) in [5.74, 6) is -1.31. The number of nitrogen functional groups attached to an aromatic ring is 1. The number of hydrogen-bond acceptors (Lipinski definition) is 7. The Kier molecular flexibility index (Phi) is 5.02. The topological polar surface area (TPSA) is 136 Å². The Morgan fingerprint density at radius 2 is 1.88 bits per heavy atom. The van der Waals surface area contributed by atoms with Gasteiger partial charge in [0.15, 0.2) is 17.3 Å². The van der Waals surface area contributed by atoms with Crippen LogP contribution < -0.4 is 11.1 Å². The van der Waals surface area contributed by atoms with Crippen LogP contribution in [0, 0.1) is 5.82 Å². The number of hydrogen-bond donors (Lipinski definition) is 2. The maximum absolute atomic E-state index is 13.4. The van der Waals surface area contributed by atoms with Crippen molar-refractivity contribution in [3.63, 3.8) is 0 Å². The van der Waals surface area contributed by atoms with Crippen molar-refractivity contribution in [3.05, 3.63) is 66.5 Å². The Balaban J connectivity index is 1.45. The van der Waals surface area contributed by atoms with Gasteiger partial charge in [-0.1, -0.05) is 12.1 Å². The van der Waals surface area contributed by atoms with Crippen molar-refractivity contribution in [2.75, 3.05) is 24.1 Å². The maximum Gasteiger partial charge on any atom is 0.263 e. The number of nitrogens with one attached hydrogen (secondary N) is 1. The first kappa shape index (κ1) is 21.0. The van der Waals surface area contributed by atoms with Gasteiger partial charge in [0.2, 0.25) is 10.0 Å². The second kappa shape index (κ2) is 7.90. The van der Waals surface area contributed by atoms with Crippen LogP contribution in [0.15, 0.2) is 60.0 Å². The first-order valence-electron chi connectivity index (χ1n) is 10.00. The smallest absolute Gasteiger partial charge is 0.263 e. The van der Waals surface area contributed by atoms with E-state index in [1.165, 1.54) is 22.6 Å². The normalized spacial score (nSPS) is 14.2. The van der Waals surface area contributed by atoms with Crippen LogP contribution in [0.2, 0.25) is 0 Å². The van der Waals surface area contributed by atoms with Crippen LogP contribution in [0.4, 0.5) is 15.9 Å². The third kappa shape index (κ3) is 3.68. The zero-order valence-electron chi connectivity index (χ0n) is 17.1. The van der Waals surface area contributed by atoms with Crippen molar-refractivity contribution in [2.45, 2.75) is 11.3 Å². The lowest BCUT2D eigenvalue weighted by Gasteiger charge is -2.29. The number of fused-ring (bicyclic) bond motifs is 1. The summed E-state index contributed by atoms with van der Waals surface area (Å²) in [4.78, 5) is 21.2. The summed E-state index contributed by atoms with van der Waals surface area (Å²) in [7, 11) is -3.49. The van der Waals surface area contributed by atoms with Crippen molar-refractivity contribution in [1.82, 2.24) is 23.9 Å². The van der Waals surface area contributed by atoms with Gasteiger partial charge in [0.25, 0.3) is 5.91 Å². The van der Waals surface area contributed by atoms with Gasteiger partial charge in [-0.05, 0) is 30.2 Å². The molecule has 0 spiro atoms. The van der Waals surface area contributed by atoms with Crippen LogP contribution in [-0.2, 0) is 10.0 Å². The van der Waals surface area contributed by atoms with Crippen molar-refractivity contribution >= 4 is 33.1 Å². The molecule has 3 N–H and O–H groups in total. The SMILES string of the molecule is Nc1nn2cc(F)cnc2c1C(=O)Nc1cnccc1-c1ccc(S(=O)(=O)N2CCC2)cc1. The largest absolute Gasteiger partial charge is 0.381 e. The second-order valence-electron chi connectivity index (χ2n) is 7.46. The first-order chi connectivity index (χ1) is 15.8. The molecule has 1 saturated heterocycles. The van der Waals surface area contributed by atoms with Crippen LogP contribution in [0.1, 0.15) is 16.8 Å². The molecule has 0 saturated carbocycles. The van der Waals surface area contributed by atoms with Gasteiger partial charge in [-0.25, -0.2) is 22.3 Å². The number of rotatable bonds is 5. The number of aromatic nitrogens is 4. The van der Waals surface area contributed by atoms with Crippen LogP contribution in [0.5, 0.6) is 0 Å². The minimum absolute atomic E-state index is 0.000734. The van der Waals surface area contributed by atoms with Crippen LogP contribution in [0.3, 0.4) is 0 Å². The number of halogens is 1. The number of carbonyl (C=O) groups is 1. The van der Waals surface area contributed by atoms with E-state index >= 15 is 0 Å². The molecular formula is C21H18FN7O3S. The zero-order valence-corrected chi connectivity index (χ0v) is 18.0. The average molecular weight is 467 g/mol. The number of carbonyl (C=O) groups excluding carboxylic acids is 1. The van der Waals surface area contributed by atoms with E-state index in [0.717, 1.165) is 23.3 Å². The minimum atomic E-state index is -3.49. The molecule has 1 aromatic carbocycles. The Bertz CT molecular complexity index is 1480. The lowest BCUT2D eigenvalue weighted by atomic mass is 10.1. The van der Waals surface area contributed by atoms with E-state index in [2.05, 4.69) is 20.4 Å². The summed E-state index contributed by atoms with van der Waals surface area (Å²) in [6.45, 7) is 1.05. The molecule has 1 aliphatic heterocycles. The highest BCUT2D eigenvalue weighted by Crippen LogP contribution is 2.30. The molecular weight excluding hydrogens is 449 g/mol. The number of pyridine rings is 1. The Labute approximate surface area is 187 Å². The highest BCUT2D eigenvalue weighted by molar-refractivity contribution is 7.89. The molecule has 0 atom stereocenters. The van der Waals surface area contributed by atoms with Gasteiger partial charge in [0, 0.05) is 24.8 Å². The number of sulfonamides is 1. The van der Waals surface area contributed by atoms with Crippen molar-refractivity contribution in [3.8, 4) is 11.1 Å². The summed E-state index contributed by atoms with van der Waals surface area (Å²) in [6.07, 6.45) is 5.93. The summed E-state index contributed by atoms with van der Waals surface area (Å²) < 4.78 is 41.1. The average Bonchev–Trinajstić information content (AvgIpc) is 3.07. The van der Waals surface area contributed by atoms with Gasteiger partial charge in [0.1, 0.15) is 5.56 Å². The monoisotopic (exact) mass is 467 g/mol. The van der Waals surface area contributed by atoms with Crippen LogP contribution >= 0.6 is 0 Å². The fourth-order valence-electron chi connectivity index (χ4n) is 3.56. The molecule has 4 heterocycles. The van der Waals surface area contributed by atoms with Gasteiger partial charge in [-0.15, -0.1) is 5.10 Å². The summed E-state index contributed by atoms with van der Waals surface area (Å²) in [5, 5.41) is 6.68. The van der Waals surface area contributed by atoms with Crippen LogP contribution in [0.25, 0.3) is 16.8 Å². The van der Waals surface area contributed by atoms with E-state index in [9.17, 15) is 17.6 Å². The quantitative estimate of drug-likeness (QED) is 0.459. The highest BCUT2D eigenvalue weighted by atomic mass is 32.2. The standard InChI is InChI=1S/C21H18FN7O3S/c22-14-10-25-20-18(19(23)27-29(20)12-14)21(30)26-17-11-24-7-6-16(17)13-2-4-15(5-3-13)33(31,32)28-8-1-9-28/h2-7,10-12H,1,8-9H2,(H2,23,27)(H,26,30). The van der Waals surface area contributed by atoms with Gasteiger partial charge in [0.05, 0.1) is 29.2 Å². The Hall–Kier alpha value is -3.90. The van der Waals surface area contributed by atoms with Gasteiger partial charge in [-0.2, -0.15) is 4.31 Å². The fourth-order valence-corrected chi connectivity index (χ4v) is 5.08. The second-order valence-corrected chi connectivity index (χ2v) is 9.40. The van der Waals surface area contributed by atoms with Crippen molar-refractivity contribution < 1.29 is 17.6 Å². The van der Waals surface area contributed by atoms with E-state index in [0.29, 0.717) is 29.9 Å². The predicted molar refractivity (Wildman–Crippen MR) is 118 cm³/mol. The van der Waals surface area contributed by atoms with Crippen molar-refractivity contribution in [2.24, 2.45) is 0 Å². The molecule has 4 aromatic rings. The maximum atomic E-state index is 13.4. The predicted octanol–water partition coefficient (Wildman–Crippen LogP) is 2.16. The van der Waals surface area contributed by atoms with E-state index in [4.69, 9.17) is 5.73 Å². The number of nitrogens with two attached hydrogens (primary N) is 1. The lowest BCUT2D eigenvalue weighted by molar-refractivity contribution is 0.102. The molecule has 0 unspecified atom stereocenters. The lowest BCUT2D eigenvalue weighted by Crippen LogP contribution is -2.41. The molecule has 1 amide bonds. The third-order valence-corrected chi connectivity index (χ3v) is 7.30. The molecule has 1 fully saturated rings. The Morgan fingerprint density at radius 3 is 2.58 bits per heavy atom. The highest BCUT2D eigenvalue weighted by Gasteiger charge is 2.29. The minimum Gasteiger partial charge on any atom is -0.381 e. The molecule has 1 aliphatic rings.